The second kappa shape index (κ2) is 11.0. The monoisotopic (exact) mass is 351 g/mol. The van der Waals surface area contributed by atoms with Gasteiger partial charge in [-0.2, -0.15) is 0 Å². The van der Waals surface area contributed by atoms with E-state index < -0.39 is 5.97 Å². The molecule has 0 saturated heterocycles. The first kappa shape index (κ1) is 22.2. The lowest BCUT2D eigenvalue weighted by Crippen LogP contribution is -2.54. The van der Waals surface area contributed by atoms with Crippen molar-refractivity contribution < 1.29 is 14.7 Å². The fourth-order valence-electron chi connectivity index (χ4n) is 4.67. The normalized spacial score (nSPS) is 23.0. The number of carboxylic acid groups (broad SMARTS) is 1. The Labute approximate surface area is 155 Å². The summed E-state index contributed by atoms with van der Waals surface area (Å²) in [6, 6.07) is 0. The van der Waals surface area contributed by atoms with Crippen molar-refractivity contribution in [2.45, 2.75) is 105 Å². The summed E-state index contributed by atoms with van der Waals surface area (Å²) in [5, 5.41) is 11.6. The molecule has 146 valence electrons. The van der Waals surface area contributed by atoms with Crippen LogP contribution in [0, 0.1) is 23.2 Å². The summed E-state index contributed by atoms with van der Waals surface area (Å²) in [7, 11) is 0. The summed E-state index contributed by atoms with van der Waals surface area (Å²) in [5.74, 6) is -1.01. The molecule has 0 aliphatic heterocycles. The molecule has 3 nitrogen and oxygen atoms in total. The number of ketones is 1. The molecule has 0 aromatic carbocycles. The molecule has 0 radical (unpaired) electrons. The number of unbranched alkanes of at least 4 members (excludes halogenated alkanes) is 9. The Morgan fingerprint density at radius 2 is 1.44 bits per heavy atom. The van der Waals surface area contributed by atoms with Gasteiger partial charge in [0.05, 0.1) is 0 Å². The molecule has 0 amide bonds. The predicted molar refractivity (Wildman–Crippen MR) is 101 cm³/mol. The molecule has 0 N–H and O–H groups in total. The molecule has 1 aliphatic rings. The minimum Gasteiger partial charge on any atom is -0.550 e. The molecule has 1 aliphatic carbocycles. The second-order valence-electron chi connectivity index (χ2n) is 8.72. The maximum absolute atomic E-state index is 11.7. The molecule has 0 heterocycles. The van der Waals surface area contributed by atoms with Crippen LogP contribution in [0.4, 0.5) is 0 Å². The van der Waals surface area contributed by atoms with Gasteiger partial charge in [-0.3, -0.25) is 4.79 Å². The maximum Gasteiger partial charge on any atom is 0.133 e. The van der Waals surface area contributed by atoms with E-state index in [1.807, 2.05) is 13.8 Å². The van der Waals surface area contributed by atoms with Crippen molar-refractivity contribution in [2.24, 2.45) is 23.2 Å². The summed E-state index contributed by atoms with van der Waals surface area (Å²) in [6.07, 6.45) is 14.0. The van der Waals surface area contributed by atoms with Crippen molar-refractivity contribution in [1.82, 2.24) is 0 Å². The molecule has 0 aromatic heterocycles. The summed E-state index contributed by atoms with van der Waals surface area (Å²) < 4.78 is 0. The fourth-order valence-corrected chi connectivity index (χ4v) is 4.67. The number of carboxylic acids is 1. The number of Topliss-reactive ketones (excluding diaryl/α,β-unsaturated/α-hetero) is 1. The van der Waals surface area contributed by atoms with Crippen LogP contribution in [0.2, 0.25) is 0 Å². The highest BCUT2D eigenvalue weighted by atomic mass is 16.4. The quantitative estimate of drug-likeness (QED) is 0.418. The zero-order chi connectivity index (χ0) is 18.9. The Morgan fingerprint density at radius 3 is 1.84 bits per heavy atom. The number of aliphatic carboxylic acids is 1. The number of carbonyl (C=O) groups excluding carboxylic acids is 2. The van der Waals surface area contributed by atoms with E-state index in [2.05, 4.69) is 6.92 Å². The molecule has 0 bridgehead atoms. The third kappa shape index (κ3) is 6.75. The van der Waals surface area contributed by atoms with Crippen LogP contribution in [0.3, 0.4) is 0 Å². The molecule has 1 rings (SSSR count). The molecule has 25 heavy (non-hydrogen) atoms. The first-order valence-electron chi connectivity index (χ1n) is 10.5. The highest BCUT2D eigenvalue weighted by molar-refractivity contribution is 5.81. The molecule has 3 heteroatoms. The standard InChI is InChI=1S/C22H40O3/c1-5-6-7-8-9-10-11-12-13-14-15-18(21(24)25)20-16-19(17(2)23)22(20,3)4/h18-20H,5-16H2,1-4H3,(H,24,25)/p-1. The van der Waals surface area contributed by atoms with E-state index in [0.29, 0.717) is 6.42 Å². The van der Waals surface area contributed by atoms with Gasteiger partial charge in [-0.1, -0.05) is 85.0 Å². The average Bonchev–Trinajstić information content (AvgIpc) is 2.53. The Bertz CT molecular complexity index is 413. The van der Waals surface area contributed by atoms with E-state index in [9.17, 15) is 14.7 Å². The third-order valence-electron chi connectivity index (χ3n) is 6.49. The van der Waals surface area contributed by atoms with Crippen molar-refractivity contribution in [3.63, 3.8) is 0 Å². The van der Waals surface area contributed by atoms with Crippen molar-refractivity contribution in [1.29, 1.82) is 0 Å². The van der Waals surface area contributed by atoms with Gasteiger partial charge >= 0.3 is 0 Å². The summed E-state index contributed by atoms with van der Waals surface area (Å²) >= 11 is 0. The number of hydrogen-bond acceptors (Lipinski definition) is 3. The summed E-state index contributed by atoms with van der Waals surface area (Å²) in [6.45, 7) is 7.95. The Morgan fingerprint density at radius 1 is 0.960 bits per heavy atom. The fraction of sp³-hybridized carbons (Fsp3) is 0.909. The van der Waals surface area contributed by atoms with Crippen molar-refractivity contribution >= 4 is 11.8 Å². The Kier molecular flexibility index (Phi) is 9.74. The van der Waals surface area contributed by atoms with E-state index in [0.717, 1.165) is 19.3 Å². The maximum atomic E-state index is 11.7. The van der Waals surface area contributed by atoms with Crippen molar-refractivity contribution in [3.8, 4) is 0 Å². The van der Waals surface area contributed by atoms with Gasteiger partial charge in [-0.15, -0.1) is 0 Å². The van der Waals surface area contributed by atoms with Gasteiger partial charge < -0.3 is 9.90 Å². The van der Waals surface area contributed by atoms with Gasteiger partial charge in [0.1, 0.15) is 5.78 Å². The number of carbonyl (C=O) groups is 2. The number of hydrogen-bond donors (Lipinski definition) is 0. The Balaban J connectivity index is 2.21. The molecule has 0 spiro atoms. The van der Waals surface area contributed by atoms with E-state index in [1.54, 1.807) is 6.92 Å². The predicted octanol–water partition coefficient (Wildman–Crippen LogP) is 4.91. The molecular weight excluding hydrogens is 312 g/mol. The second-order valence-corrected chi connectivity index (χ2v) is 8.72. The van der Waals surface area contributed by atoms with Gasteiger partial charge in [0.2, 0.25) is 0 Å². The number of rotatable bonds is 14. The minimum absolute atomic E-state index is 0.0204. The first-order valence-corrected chi connectivity index (χ1v) is 10.5. The molecule has 3 atom stereocenters. The zero-order valence-electron chi connectivity index (χ0n) is 16.9. The lowest BCUT2D eigenvalue weighted by atomic mass is 9.50. The van der Waals surface area contributed by atoms with E-state index >= 15 is 0 Å². The molecule has 3 unspecified atom stereocenters. The van der Waals surface area contributed by atoms with E-state index in [4.69, 9.17) is 0 Å². The van der Waals surface area contributed by atoms with Crippen LogP contribution in [0.25, 0.3) is 0 Å². The van der Waals surface area contributed by atoms with Gasteiger partial charge in [0.15, 0.2) is 0 Å². The molecule has 0 aromatic rings. The lowest BCUT2D eigenvalue weighted by Gasteiger charge is -2.54. The van der Waals surface area contributed by atoms with Gasteiger partial charge in [-0.25, -0.2) is 0 Å². The van der Waals surface area contributed by atoms with Crippen LogP contribution < -0.4 is 5.11 Å². The van der Waals surface area contributed by atoms with Crippen molar-refractivity contribution in [3.05, 3.63) is 0 Å². The van der Waals surface area contributed by atoms with E-state index in [-0.39, 0.29) is 29.0 Å². The largest absolute Gasteiger partial charge is 0.550 e. The average molecular weight is 352 g/mol. The molecular formula is C22H39O3-. The first-order chi connectivity index (χ1) is 11.8. The highest BCUT2D eigenvalue weighted by Gasteiger charge is 2.52. The van der Waals surface area contributed by atoms with Crippen LogP contribution in [-0.4, -0.2) is 11.8 Å². The lowest BCUT2D eigenvalue weighted by molar-refractivity contribution is -0.317. The van der Waals surface area contributed by atoms with Crippen molar-refractivity contribution in [2.75, 3.05) is 0 Å². The van der Waals surface area contributed by atoms with Crippen LogP contribution in [0.5, 0.6) is 0 Å². The van der Waals surface area contributed by atoms with Crippen LogP contribution in [-0.2, 0) is 9.59 Å². The minimum atomic E-state index is -0.920. The Hall–Kier alpha value is -0.860. The van der Waals surface area contributed by atoms with Gasteiger partial charge in [0.25, 0.3) is 0 Å². The zero-order valence-corrected chi connectivity index (χ0v) is 16.9. The van der Waals surface area contributed by atoms with Crippen LogP contribution >= 0.6 is 0 Å². The van der Waals surface area contributed by atoms with E-state index in [1.165, 1.54) is 51.4 Å². The summed E-state index contributed by atoms with van der Waals surface area (Å²) in [5.41, 5.74) is -0.199. The van der Waals surface area contributed by atoms with Crippen LogP contribution in [0.15, 0.2) is 0 Å². The van der Waals surface area contributed by atoms with Crippen LogP contribution in [0.1, 0.15) is 105 Å². The molecule has 1 saturated carbocycles. The van der Waals surface area contributed by atoms with Gasteiger partial charge in [0, 0.05) is 17.8 Å². The smallest absolute Gasteiger partial charge is 0.133 e. The SMILES string of the molecule is CCCCCCCCCCCCC(C(=O)[O-])C1CC(C(C)=O)C1(C)C. The molecule has 1 fully saturated rings. The highest BCUT2D eigenvalue weighted by Crippen LogP contribution is 2.55. The third-order valence-corrected chi connectivity index (χ3v) is 6.49. The summed E-state index contributed by atoms with van der Waals surface area (Å²) in [4.78, 5) is 23.3. The van der Waals surface area contributed by atoms with Gasteiger partial charge in [-0.05, 0) is 31.1 Å². The topological polar surface area (TPSA) is 57.2 Å².